The number of benzene rings is 4. The van der Waals surface area contributed by atoms with Gasteiger partial charge in [-0.1, -0.05) is 0 Å². The topological polar surface area (TPSA) is 0 Å². The monoisotopic (exact) mass is 752 g/mol. The van der Waals surface area contributed by atoms with E-state index in [9.17, 15) is 0 Å². The van der Waals surface area contributed by atoms with Gasteiger partial charge in [0.05, 0.1) is 0 Å². The van der Waals surface area contributed by atoms with E-state index in [1.54, 1.807) is 33.4 Å². The van der Waals surface area contributed by atoms with Crippen LogP contribution in [0.2, 0.25) is 8.26 Å². The summed E-state index contributed by atoms with van der Waals surface area (Å²) in [7, 11) is 0. The molecule has 48 heavy (non-hydrogen) atoms. The van der Waals surface area contributed by atoms with Crippen LogP contribution >= 0.6 is 0 Å². The van der Waals surface area contributed by atoms with Gasteiger partial charge >= 0.3 is 285 Å². The van der Waals surface area contributed by atoms with Gasteiger partial charge in [-0.15, -0.1) is 0 Å². The molecule has 1 saturated heterocycles. The van der Waals surface area contributed by atoms with Gasteiger partial charge in [0.15, 0.2) is 0 Å². The third-order valence-corrected chi connectivity index (χ3v) is 27.0. The molecule has 2 unspecified atom stereocenters. The zero-order valence-electron chi connectivity index (χ0n) is 29.4. The summed E-state index contributed by atoms with van der Waals surface area (Å²) in [5.74, 6) is 0. The quantitative estimate of drug-likeness (QED) is 0.141. The van der Waals surface area contributed by atoms with Gasteiger partial charge in [-0.2, -0.15) is 0 Å². The summed E-state index contributed by atoms with van der Waals surface area (Å²) < 4.78 is 4.46. The van der Waals surface area contributed by atoms with E-state index in [1.807, 2.05) is 0 Å². The fourth-order valence-corrected chi connectivity index (χ4v) is 24.7. The van der Waals surface area contributed by atoms with Crippen molar-refractivity contribution in [3.8, 4) is 22.3 Å². The van der Waals surface area contributed by atoms with Crippen molar-refractivity contribution in [2.24, 2.45) is 0 Å². The van der Waals surface area contributed by atoms with Crippen LogP contribution in [0.3, 0.4) is 0 Å². The van der Waals surface area contributed by atoms with Crippen LogP contribution in [-0.4, -0.2) is 0 Å². The number of rotatable bonds is 12. The van der Waals surface area contributed by atoms with Crippen molar-refractivity contribution in [3.63, 3.8) is 0 Å². The van der Waals surface area contributed by atoms with Crippen LogP contribution in [0.1, 0.15) is 113 Å². The van der Waals surface area contributed by atoms with E-state index >= 15 is 0 Å². The van der Waals surface area contributed by atoms with E-state index in [4.69, 9.17) is 0 Å². The van der Waals surface area contributed by atoms with Gasteiger partial charge in [0.1, 0.15) is 0 Å². The van der Waals surface area contributed by atoms with Gasteiger partial charge in [0.2, 0.25) is 0 Å². The molecule has 1 heterocycles. The summed E-state index contributed by atoms with van der Waals surface area (Å²) in [6.07, 6.45) is 16.7. The van der Waals surface area contributed by atoms with Crippen molar-refractivity contribution in [2.75, 3.05) is 0 Å². The molecule has 0 spiro atoms. The molecular formula is C45H52Cl2Zr. The normalized spacial score (nSPS) is 17.8. The first kappa shape index (κ1) is 37.1. The van der Waals surface area contributed by atoms with Crippen LogP contribution in [-0.2, 0) is 33.1 Å². The standard InChI is InChI=1S/2C21H23.C3H6.2ClH.Zr/c2*1-3-5-7-17-14-19-8-6-9-20(21(19)15-17)18-12-10-16(4-2)11-13-18;1-3-2;;;/h2*6,8-15H,3-5,7H2,1-2H3;1-3H2;2*1H;/q;;;;;+2/p-2. The molecule has 3 heteroatoms. The van der Waals surface area contributed by atoms with E-state index < -0.39 is 20.3 Å². The Balaban J connectivity index is 0.00000225. The zero-order valence-corrected chi connectivity index (χ0v) is 33.4. The SMILES string of the molecule is CCCCC1=Cc2c(-c3ccc(CC)cc3)cccc2[CH]1[Zr+2]1([CH]2C(CCCC)=Cc3c(-c4ccc(CC)cc4)cccc32)[CH2]C[CH2]1.[Cl-].[Cl-]. The Kier molecular flexibility index (Phi) is 12.5. The summed E-state index contributed by atoms with van der Waals surface area (Å²) in [5, 5.41) is 0. The molecule has 3 aliphatic rings. The van der Waals surface area contributed by atoms with Crippen LogP contribution in [0.25, 0.3) is 34.4 Å². The molecule has 0 nitrogen and oxygen atoms in total. The summed E-state index contributed by atoms with van der Waals surface area (Å²) in [6, 6.07) is 33.5. The minimum atomic E-state index is -2.87. The predicted molar refractivity (Wildman–Crippen MR) is 197 cm³/mol. The number of unbranched alkanes of at least 4 members (excludes halogenated alkanes) is 2. The zero-order chi connectivity index (χ0) is 31.7. The second-order valence-electron chi connectivity index (χ2n) is 14.3. The summed E-state index contributed by atoms with van der Waals surface area (Å²) >= 11 is -2.87. The summed E-state index contributed by atoms with van der Waals surface area (Å²) in [6.45, 7) is 9.24. The minimum Gasteiger partial charge on any atom is -1.00 e. The van der Waals surface area contributed by atoms with Crippen molar-refractivity contribution in [1.82, 2.24) is 0 Å². The first-order chi connectivity index (χ1) is 22.6. The fourth-order valence-electron chi connectivity index (χ4n) is 9.15. The van der Waals surface area contributed by atoms with Crippen molar-refractivity contribution >= 4 is 12.2 Å². The van der Waals surface area contributed by atoms with Crippen molar-refractivity contribution < 1.29 is 45.1 Å². The third kappa shape index (κ3) is 6.66. The molecular weight excluding hydrogens is 703 g/mol. The van der Waals surface area contributed by atoms with Gasteiger partial charge in [0.25, 0.3) is 0 Å². The largest absolute Gasteiger partial charge is 1.00 e. The van der Waals surface area contributed by atoms with E-state index in [0.29, 0.717) is 7.25 Å². The number of halogens is 2. The Morgan fingerprint density at radius 3 is 1.29 bits per heavy atom. The molecule has 250 valence electrons. The molecule has 4 aromatic carbocycles. The fraction of sp³-hybridized carbons (Fsp3) is 0.378. The maximum absolute atomic E-state index is 2.87. The minimum absolute atomic E-state index is 0. The summed E-state index contributed by atoms with van der Waals surface area (Å²) in [4.78, 5) is 0. The molecule has 1 fully saturated rings. The first-order valence-corrected chi connectivity index (χ1v) is 24.8. The van der Waals surface area contributed by atoms with Gasteiger partial charge < -0.3 is 24.8 Å². The molecule has 2 atom stereocenters. The Bertz CT molecular complexity index is 1630. The van der Waals surface area contributed by atoms with Gasteiger partial charge in [-0.3, -0.25) is 0 Å². The molecule has 1 aliphatic heterocycles. The van der Waals surface area contributed by atoms with Gasteiger partial charge in [-0.05, 0) is 0 Å². The van der Waals surface area contributed by atoms with E-state index in [-0.39, 0.29) is 24.8 Å². The Hall–Kier alpha value is -2.18. The van der Waals surface area contributed by atoms with Gasteiger partial charge in [0, 0.05) is 0 Å². The average Bonchev–Trinajstić information content (AvgIpc) is 3.65. The smallest absolute Gasteiger partial charge is 1.00 e. The molecule has 0 N–H and O–H groups in total. The van der Waals surface area contributed by atoms with Crippen LogP contribution in [0.4, 0.5) is 0 Å². The van der Waals surface area contributed by atoms with E-state index in [2.05, 4.69) is 125 Å². The predicted octanol–water partition coefficient (Wildman–Crippen LogP) is 7.50. The van der Waals surface area contributed by atoms with Crippen LogP contribution in [0.5, 0.6) is 0 Å². The van der Waals surface area contributed by atoms with Crippen molar-refractivity contribution in [2.45, 2.75) is 101 Å². The Morgan fingerprint density at radius 1 is 0.542 bits per heavy atom. The van der Waals surface area contributed by atoms with Crippen LogP contribution in [0.15, 0.2) is 96.1 Å². The number of aryl methyl sites for hydroxylation is 2. The van der Waals surface area contributed by atoms with Crippen LogP contribution in [0, 0.1) is 0 Å². The molecule has 0 saturated carbocycles. The van der Waals surface area contributed by atoms with E-state index in [0.717, 1.165) is 12.8 Å². The number of hydrogen-bond acceptors (Lipinski definition) is 0. The molecule has 0 aromatic heterocycles. The third-order valence-electron chi connectivity index (χ3n) is 11.7. The number of fused-ring (bicyclic) bond motifs is 2. The van der Waals surface area contributed by atoms with Crippen molar-refractivity contribution in [1.29, 1.82) is 0 Å². The molecule has 2 aliphatic carbocycles. The molecule has 4 aromatic rings. The number of hydrogen-bond donors (Lipinski definition) is 0. The van der Waals surface area contributed by atoms with Crippen molar-refractivity contribution in [3.05, 3.63) is 129 Å². The summed E-state index contributed by atoms with van der Waals surface area (Å²) in [5.41, 5.74) is 18.6. The average molecular weight is 755 g/mol. The number of allylic oxidation sites excluding steroid dienone is 2. The Morgan fingerprint density at radius 2 is 0.958 bits per heavy atom. The Labute approximate surface area is 307 Å². The second-order valence-corrected chi connectivity index (χ2v) is 25.7. The maximum Gasteiger partial charge on any atom is -1.00 e. The maximum atomic E-state index is 2.70. The molecule has 0 radical (unpaired) electrons. The molecule has 0 amide bonds. The van der Waals surface area contributed by atoms with Crippen LogP contribution < -0.4 is 24.8 Å². The van der Waals surface area contributed by atoms with E-state index in [1.165, 1.54) is 86.6 Å². The molecule has 0 bridgehead atoms. The molecule has 7 rings (SSSR count). The second kappa shape index (κ2) is 16.2. The first-order valence-electron chi connectivity index (χ1n) is 18.5. The van der Waals surface area contributed by atoms with Gasteiger partial charge in [-0.25, -0.2) is 0 Å².